The Morgan fingerprint density at radius 3 is 2.63 bits per heavy atom. The number of halogens is 1. The minimum atomic E-state index is -0.818. The van der Waals surface area contributed by atoms with E-state index in [9.17, 15) is 9.18 Å². The number of primary amides is 1. The molecule has 0 aliphatic rings. The molecule has 0 fully saturated rings. The van der Waals surface area contributed by atoms with E-state index in [0.29, 0.717) is 0 Å². The Morgan fingerprint density at radius 2 is 2.05 bits per heavy atom. The van der Waals surface area contributed by atoms with E-state index >= 15 is 0 Å². The SMILES string of the molecule is COc1cc(F)c(-c2n[nH]nc2C(N)=O)c(OC)c1. The summed E-state index contributed by atoms with van der Waals surface area (Å²) in [7, 11) is 2.76. The summed E-state index contributed by atoms with van der Waals surface area (Å²) in [5.74, 6) is -1.04. The van der Waals surface area contributed by atoms with Crippen molar-refractivity contribution < 1.29 is 18.7 Å². The molecule has 3 N–H and O–H groups in total. The van der Waals surface area contributed by atoms with Crippen molar-refractivity contribution in [1.82, 2.24) is 15.4 Å². The van der Waals surface area contributed by atoms with Crippen molar-refractivity contribution in [3.8, 4) is 22.8 Å². The van der Waals surface area contributed by atoms with Crippen LogP contribution in [0.3, 0.4) is 0 Å². The number of aromatic nitrogens is 3. The first-order valence-electron chi connectivity index (χ1n) is 5.21. The van der Waals surface area contributed by atoms with Gasteiger partial charge >= 0.3 is 0 Å². The fraction of sp³-hybridized carbons (Fsp3) is 0.182. The maximum absolute atomic E-state index is 14.1. The molecular formula is C11H11FN4O3. The van der Waals surface area contributed by atoms with Gasteiger partial charge in [0.2, 0.25) is 0 Å². The predicted molar refractivity (Wildman–Crippen MR) is 63.4 cm³/mol. The topological polar surface area (TPSA) is 103 Å². The number of nitrogens with two attached hydrogens (primary N) is 1. The molecule has 2 rings (SSSR count). The van der Waals surface area contributed by atoms with Crippen molar-refractivity contribution in [2.45, 2.75) is 0 Å². The third-order valence-electron chi connectivity index (χ3n) is 2.50. The highest BCUT2D eigenvalue weighted by Gasteiger charge is 2.23. The van der Waals surface area contributed by atoms with E-state index in [-0.39, 0.29) is 28.5 Å². The summed E-state index contributed by atoms with van der Waals surface area (Å²) in [6.45, 7) is 0. The number of H-pyrrole nitrogens is 1. The molecule has 0 atom stereocenters. The van der Waals surface area contributed by atoms with Crippen LogP contribution in [0, 0.1) is 5.82 Å². The molecule has 0 radical (unpaired) electrons. The van der Waals surface area contributed by atoms with Gasteiger partial charge in [0.25, 0.3) is 5.91 Å². The minimum Gasteiger partial charge on any atom is -0.497 e. The number of ether oxygens (including phenoxy) is 2. The lowest BCUT2D eigenvalue weighted by atomic mass is 10.1. The number of hydrogen-bond acceptors (Lipinski definition) is 5. The van der Waals surface area contributed by atoms with Gasteiger partial charge in [-0.2, -0.15) is 15.4 Å². The molecule has 8 heteroatoms. The number of carbonyl (C=O) groups is 1. The highest BCUT2D eigenvalue weighted by Crippen LogP contribution is 2.36. The maximum Gasteiger partial charge on any atom is 0.271 e. The van der Waals surface area contributed by atoms with Gasteiger partial charge in [0, 0.05) is 12.1 Å². The first-order chi connectivity index (χ1) is 9.08. The summed E-state index contributed by atoms with van der Waals surface area (Å²) in [4.78, 5) is 11.2. The van der Waals surface area contributed by atoms with Crippen molar-refractivity contribution in [1.29, 1.82) is 0 Å². The fourth-order valence-electron chi connectivity index (χ4n) is 1.64. The lowest BCUT2D eigenvalue weighted by Gasteiger charge is -2.10. The molecule has 0 aliphatic carbocycles. The van der Waals surface area contributed by atoms with E-state index in [0.717, 1.165) is 6.07 Å². The summed E-state index contributed by atoms with van der Waals surface area (Å²) < 4.78 is 24.1. The van der Waals surface area contributed by atoms with Gasteiger partial charge in [-0.25, -0.2) is 4.39 Å². The summed E-state index contributed by atoms with van der Waals surface area (Å²) in [6, 6.07) is 2.62. The number of nitrogens with one attached hydrogen (secondary N) is 1. The quantitative estimate of drug-likeness (QED) is 0.849. The van der Waals surface area contributed by atoms with Crippen LogP contribution in [0.15, 0.2) is 12.1 Å². The van der Waals surface area contributed by atoms with Crippen molar-refractivity contribution >= 4 is 5.91 Å². The van der Waals surface area contributed by atoms with Crippen LogP contribution in [0.2, 0.25) is 0 Å². The molecule has 7 nitrogen and oxygen atoms in total. The standard InChI is InChI=1S/C11H11FN4O3/c1-18-5-3-6(12)8(7(4-5)19-2)9-10(11(13)17)15-16-14-9/h3-4H,1-2H3,(H2,13,17)(H,14,15,16). The molecule has 0 saturated heterocycles. The Balaban J connectivity index is 2.67. The largest absolute Gasteiger partial charge is 0.497 e. The second kappa shape index (κ2) is 4.92. The molecule has 0 unspecified atom stereocenters. The Labute approximate surface area is 107 Å². The molecule has 1 amide bonds. The van der Waals surface area contributed by atoms with Crippen LogP contribution in [-0.2, 0) is 0 Å². The number of amides is 1. The molecule has 0 saturated carbocycles. The molecular weight excluding hydrogens is 255 g/mol. The van der Waals surface area contributed by atoms with E-state index in [1.165, 1.54) is 20.3 Å². The lowest BCUT2D eigenvalue weighted by Crippen LogP contribution is -2.13. The number of carbonyl (C=O) groups excluding carboxylic acids is 1. The van der Waals surface area contributed by atoms with Gasteiger partial charge in [0.05, 0.1) is 19.8 Å². The molecule has 0 aliphatic heterocycles. The minimum absolute atomic E-state index is 0.00847. The van der Waals surface area contributed by atoms with Gasteiger partial charge in [-0.15, -0.1) is 0 Å². The van der Waals surface area contributed by atoms with Gasteiger partial charge in [0.15, 0.2) is 5.69 Å². The Bertz CT molecular complexity index is 626. The van der Waals surface area contributed by atoms with Gasteiger partial charge in [-0.1, -0.05) is 0 Å². The summed E-state index contributed by atoms with van der Waals surface area (Å²) in [5.41, 5.74) is 4.96. The smallest absolute Gasteiger partial charge is 0.271 e. The third-order valence-corrected chi connectivity index (χ3v) is 2.50. The van der Waals surface area contributed by atoms with E-state index in [2.05, 4.69) is 15.4 Å². The van der Waals surface area contributed by atoms with Crippen LogP contribution in [0.1, 0.15) is 10.5 Å². The normalized spacial score (nSPS) is 10.3. The molecule has 0 spiro atoms. The number of hydrogen-bond donors (Lipinski definition) is 2. The maximum atomic E-state index is 14.1. The van der Waals surface area contributed by atoms with E-state index in [4.69, 9.17) is 15.2 Å². The zero-order valence-electron chi connectivity index (χ0n) is 10.2. The number of aromatic amines is 1. The van der Waals surface area contributed by atoms with Crippen molar-refractivity contribution in [3.63, 3.8) is 0 Å². The average molecular weight is 266 g/mol. The molecule has 19 heavy (non-hydrogen) atoms. The lowest BCUT2D eigenvalue weighted by molar-refractivity contribution is 0.0996. The Hall–Kier alpha value is -2.64. The zero-order chi connectivity index (χ0) is 14.0. The van der Waals surface area contributed by atoms with Crippen molar-refractivity contribution in [3.05, 3.63) is 23.6 Å². The van der Waals surface area contributed by atoms with Gasteiger partial charge < -0.3 is 15.2 Å². The molecule has 1 aromatic heterocycles. The first kappa shape index (κ1) is 12.8. The van der Waals surface area contributed by atoms with Crippen LogP contribution in [0.25, 0.3) is 11.3 Å². The van der Waals surface area contributed by atoms with Gasteiger partial charge in [0.1, 0.15) is 23.0 Å². The predicted octanol–water partition coefficient (Wildman–Crippen LogP) is 0.727. The average Bonchev–Trinajstić information content (AvgIpc) is 2.86. The summed E-state index contributed by atoms with van der Waals surface area (Å²) >= 11 is 0. The summed E-state index contributed by atoms with van der Waals surface area (Å²) in [5, 5.41) is 9.55. The van der Waals surface area contributed by atoms with E-state index in [1.54, 1.807) is 0 Å². The number of methoxy groups -OCH3 is 2. The molecule has 1 heterocycles. The van der Waals surface area contributed by atoms with E-state index in [1.807, 2.05) is 0 Å². The summed E-state index contributed by atoms with van der Waals surface area (Å²) in [6.07, 6.45) is 0. The molecule has 1 aromatic carbocycles. The number of benzene rings is 1. The second-order valence-electron chi connectivity index (χ2n) is 3.57. The fourth-order valence-corrected chi connectivity index (χ4v) is 1.64. The first-order valence-corrected chi connectivity index (χ1v) is 5.21. The molecule has 2 aromatic rings. The van der Waals surface area contributed by atoms with Crippen LogP contribution < -0.4 is 15.2 Å². The molecule has 0 bridgehead atoms. The Kier molecular flexibility index (Phi) is 3.32. The van der Waals surface area contributed by atoms with Gasteiger partial charge in [-0.05, 0) is 0 Å². The van der Waals surface area contributed by atoms with Gasteiger partial charge in [-0.3, -0.25) is 4.79 Å². The van der Waals surface area contributed by atoms with Crippen LogP contribution in [0.5, 0.6) is 11.5 Å². The van der Waals surface area contributed by atoms with Crippen LogP contribution in [-0.4, -0.2) is 35.5 Å². The van der Waals surface area contributed by atoms with Crippen molar-refractivity contribution in [2.75, 3.05) is 14.2 Å². The number of nitrogens with zero attached hydrogens (tertiary/aromatic N) is 2. The molecule has 100 valence electrons. The highest BCUT2D eigenvalue weighted by molar-refractivity contribution is 5.97. The highest BCUT2D eigenvalue weighted by atomic mass is 19.1. The van der Waals surface area contributed by atoms with Crippen LogP contribution >= 0.6 is 0 Å². The number of rotatable bonds is 4. The second-order valence-corrected chi connectivity index (χ2v) is 3.57. The Morgan fingerprint density at radius 1 is 1.32 bits per heavy atom. The van der Waals surface area contributed by atoms with Crippen LogP contribution in [0.4, 0.5) is 4.39 Å². The monoisotopic (exact) mass is 266 g/mol. The zero-order valence-corrected chi connectivity index (χ0v) is 10.2. The third kappa shape index (κ3) is 2.19. The van der Waals surface area contributed by atoms with E-state index < -0.39 is 11.7 Å². The van der Waals surface area contributed by atoms with Crippen molar-refractivity contribution in [2.24, 2.45) is 5.73 Å².